The SMILES string of the molecule is CCCCc1ccnc(N(CCC(C)C)C(C)CC)n1. The van der Waals surface area contributed by atoms with E-state index in [1.165, 1.54) is 25.0 Å². The normalized spacial score (nSPS) is 12.7. The average Bonchev–Trinajstić information content (AvgIpc) is 2.45. The zero-order chi connectivity index (χ0) is 15.0. The van der Waals surface area contributed by atoms with Gasteiger partial charge in [-0.1, -0.05) is 34.1 Å². The summed E-state index contributed by atoms with van der Waals surface area (Å²) in [6, 6.07) is 2.55. The third kappa shape index (κ3) is 5.48. The van der Waals surface area contributed by atoms with Gasteiger partial charge in [-0.3, -0.25) is 0 Å². The van der Waals surface area contributed by atoms with Crippen LogP contribution in [-0.4, -0.2) is 22.6 Å². The maximum atomic E-state index is 4.77. The summed E-state index contributed by atoms with van der Waals surface area (Å²) in [6.45, 7) is 12.3. The molecular weight excluding hydrogens is 246 g/mol. The zero-order valence-corrected chi connectivity index (χ0v) is 13.9. The van der Waals surface area contributed by atoms with E-state index >= 15 is 0 Å². The van der Waals surface area contributed by atoms with Crippen LogP contribution in [0, 0.1) is 5.92 Å². The van der Waals surface area contributed by atoms with Gasteiger partial charge in [0.05, 0.1) is 0 Å². The van der Waals surface area contributed by atoms with Crippen molar-refractivity contribution in [3.8, 4) is 0 Å². The molecule has 0 radical (unpaired) electrons. The monoisotopic (exact) mass is 277 g/mol. The summed E-state index contributed by atoms with van der Waals surface area (Å²) in [5.41, 5.74) is 1.18. The Morgan fingerprint density at radius 1 is 1.20 bits per heavy atom. The maximum absolute atomic E-state index is 4.77. The Hall–Kier alpha value is -1.12. The predicted octanol–water partition coefficient (Wildman–Crippen LogP) is 4.47. The Labute approximate surface area is 124 Å². The van der Waals surface area contributed by atoms with Crippen molar-refractivity contribution >= 4 is 5.95 Å². The van der Waals surface area contributed by atoms with E-state index < -0.39 is 0 Å². The number of unbranched alkanes of at least 4 members (excludes halogenated alkanes) is 1. The molecule has 1 atom stereocenters. The molecule has 0 spiro atoms. The van der Waals surface area contributed by atoms with Crippen LogP contribution in [0.1, 0.15) is 66.0 Å². The molecule has 1 heterocycles. The van der Waals surface area contributed by atoms with Crippen LogP contribution >= 0.6 is 0 Å². The molecule has 0 bridgehead atoms. The van der Waals surface area contributed by atoms with Crippen molar-refractivity contribution in [3.63, 3.8) is 0 Å². The first-order valence-electron chi connectivity index (χ1n) is 8.17. The van der Waals surface area contributed by atoms with E-state index in [2.05, 4.69) is 50.6 Å². The van der Waals surface area contributed by atoms with Crippen molar-refractivity contribution in [2.24, 2.45) is 5.92 Å². The molecule has 1 rings (SSSR count). The molecule has 1 aromatic heterocycles. The Balaban J connectivity index is 2.83. The molecule has 0 saturated heterocycles. The van der Waals surface area contributed by atoms with Gasteiger partial charge in [-0.2, -0.15) is 0 Å². The quantitative estimate of drug-likeness (QED) is 0.667. The molecular formula is C17H31N3. The van der Waals surface area contributed by atoms with E-state index in [0.717, 1.165) is 25.3 Å². The van der Waals surface area contributed by atoms with Crippen LogP contribution in [0.5, 0.6) is 0 Å². The largest absolute Gasteiger partial charge is 0.338 e. The minimum absolute atomic E-state index is 0.496. The van der Waals surface area contributed by atoms with E-state index in [1.54, 1.807) is 0 Å². The molecule has 0 N–H and O–H groups in total. The fourth-order valence-electron chi connectivity index (χ4n) is 2.16. The van der Waals surface area contributed by atoms with Crippen LogP contribution in [0.15, 0.2) is 12.3 Å². The molecule has 114 valence electrons. The van der Waals surface area contributed by atoms with Crippen molar-refractivity contribution in [3.05, 3.63) is 18.0 Å². The third-order valence-corrected chi connectivity index (χ3v) is 3.81. The first-order valence-corrected chi connectivity index (χ1v) is 8.17. The third-order valence-electron chi connectivity index (χ3n) is 3.81. The Morgan fingerprint density at radius 3 is 2.55 bits per heavy atom. The van der Waals surface area contributed by atoms with Crippen molar-refractivity contribution in [2.45, 2.75) is 72.8 Å². The fourth-order valence-corrected chi connectivity index (χ4v) is 2.16. The van der Waals surface area contributed by atoms with Crippen LogP contribution in [0.2, 0.25) is 0 Å². The number of hydrogen-bond acceptors (Lipinski definition) is 3. The van der Waals surface area contributed by atoms with Gasteiger partial charge in [-0.25, -0.2) is 9.97 Å². The molecule has 0 saturated carbocycles. The summed E-state index contributed by atoms with van der Waals surface area (Å²) in [6.07, 6.45) is 7.70. The number of aryl methyl sites for hydroxylation is 1. The molecule has 20 heavy (non-hydrogen) atoms. The summed E-state index contributed by atoms with van der Waals surface area (Å²) in [5, 5.41) is 0. The number of anilines is 1. The van der Waals surface area contributed by atoms with Crippen molar-refractivity contribution in [1.29, 1.82) is 0 Å². The topological polar surface area (TPSA) is 29.0 Å². The van der Waals surface area contributed by atoms with Crippen molar-refractivity contribution in [1.82, 2.24) is 9.97 Å². The van der Waals surface area contributed by atoms with Crippen LogP contribution in [0.4, 0.5) is 5.95 Å². The van der Waals surface area contributed by atoms with Gasteiger partial charge in [0.2, 0.25) is 5.95 Å². The van der Waals surface area contributed by atoms with Crippen LogP contribution in [-0.2, 0) is 6.42 Å². The molecule has 1 aromatic rings. The van der Waals surface area contributed by atoms with E-state index in [1.807, 2.05) is 6.20 Å². The van der Waals surface area contributed by atoms with Gasteiger partial charge in [-0.05, 0) is 44.6 Å². The molecule has 1 unspecified atom stereocenters. The van der Waals surface area contributed by atoms with Crippen molar-refractivity contribution < 1.29 is 0 Å². The van der Waals surface area contributed by atoms with Gasteiger partial charge in [0, 0.05) is 24.5 Å². The van der Waals surface area contributed by atoms with E-state index in [9.17, 15) is 0 Å². The molecule has 0 amide bonds. The number of nitrogens with zero attached hydrogens (tertiary/aromatic N) is 3. The lowest BCUT2D eigenvalue weighted by Crippen LogP contribution is -2.35. The second kappa shape index (κ2) is 8.93. The second-order valence-corrected chi connectivity index (χ2v) is 6.08. The highest BCUT2D eigenvalue weighted by Gasteiger charge is 2.16. The van der Waals surface area contributed by atoms with E-state index in [-0.39, 0.29) is 0 Å². The Bertz CT molecular complexity index is 376. The van der Waals surface area contributed by atoms with Gasteiger partial charge >= 0.3 is 0 Å². The predicted molar refractivity (Wildman–Crippen MR) is 87.2 cm³/mol. The lowest BCUT2D eigenvalue weighted by molar-refractivity contribution is 0.524. The van der Waals surface area contributed by atoms with E-state index in [0.29, 0.717) is 12.0 Å². The van der Waals surface area contributed by atoms with Gasteiger partial charge in [0.25, 0.3) is 0 Å². The van der Waals surface area contributed by atoms with Gasteiger partial charge in [-0.15, -0.1) is 0 Å². The summed E-state index contributed by atoms with van der Waals surface area (Å²) >= 11 is 0. The number of aromatic nitrogens is 2. The summed E-state index contributed by atoms with van der Waals surface area (Å²) in [4.78, 5) is 11.7. The first-order chi connectivity index (χ1) is 9.58. The minimum Gasteiger partial charge on any atom is -0.338 e. The number of rotatable bonds is 9. The Kier molecular flexibility index (Phi) is 7.56. The summed E-state index contributed by atoms with van der Waals surface area (Å²) in [5.74, 6) is 1.62. The molecule has 0 aliphatic carbocycles. The lowest BCUT2D eigenvalue weighted by atomic mass is 10.1. The summed E-state index contributed by atoms with van der Waals surface area (Å²) in [7, 11) is 0. The molecule has 3 nitrogen and oxygen atoms in total. The van der Waals surface area contributed by atoms with Crippen molar-refractivity contribution in [2.75, 3.05) is 11.4 Å². The smallest absolute Gasteiger partial charge is 0.225 e. The van der Waals surface area contributed by atoms with Crippen LogP contribution in [0.25, 0.3) is 0 Å². The molecule has 0 aromatic carbocycles. The van der Waals surface area contributed by atoms with Gasteiger partial charge in [0.15, 0.2) is 0 Å². The molecule has 0 fully saturated rings. The highest BCUT2D eigenvalue weighted by atomic mass is 15.3. The van der Waals surface area contributed by atoms with Crippen LogP contribution in [0.3, 0.4) is 0 Å². The van der Waals surface area contributed by atoms with E-state index in [4.69, 9.17) is 4.98 Å². The maximum Gasteiger partial charge on any atom is 0.225 e. The highest BCUT2D eigenvalue weighted by Crippen LogP contribution is 2.16. The zero-order valence-electron chi connectivity index (χ0n) is 13.9. The molecule has 3 heteroatoms. The van der Waals surface area contributed by atoms with Crippen LogP contribution < -0.4 is 4.90 Å². The fraction of sp³-hybridized carbons (Fsp3) is 0.765. The minimum atomic E-state index is 0.496. The number of hydrogen-bond donors (Lipinski definition) is 0. The summed E-state index contributed by atoms with van der Waals surface area (Å²) < 4.78 is 0. The Morgan fingerprint density at radius 2 is 1.95 bits per heavy atom. The van der Waals surface area contributed by atoms with Gasteiger partial charge < -0.3 is 4.90 Å². The molecule has 0 aliphatic heterocycles. The average molecular weight is 277 g/mol. The second-order valence-electron chi connectivity index (χ2n) is 6.08. The molecule has 0 aliphatic rings. The highest BCUT2D eigenvalue weighted by molar-refractivity contribution is 5.31. The first kappa shape index (κ1) is 16.9. The lowest BCUT2D eigenvalue weighted by Gasteiger charge is -2.29. The van der Waals surface area contributed by atoms with Gasteiger partial charge in [0.1, 0.15) is 0 Å². The standard InChI is InChI=1S/C17H31N3/c1-6-8-9-16-10-12-18-17(19-16)20(15(5)7-2)13-11-14(3)4/h10,12,14-15H,6-9,11,13H2,1-5H3.